The summed E-state index contributed by atoms with van der Waals surface area (Å²) in [5, 5.41) is 9.87. The maximum Gasteiger partial charge on any atom is 0.179 e. The molecular formula is C16H22ClNO3. The van der Waals surface area contributed by atoms with Crippen LogP contribution < -0.4 is 9.47 Å². The molecule has 0 spiro atoms. The van der Waals surface area contributed by atoms with Crippen molar-refractivity contribution >= 4 is 11.6 Å². The highest BCUT2D eigenvalue weighted by Gasteiger charge is 2.25. The van der Waals surface area contributed by atoms with Crippen LogP contribution in [-0.2, 0) is 6.54 Å². The molecule has 21 heavy (non-hydrogen) atoms. The highest BCUT2D eigenvalue weighted by Crippen LogP contribution is 2.38. The molecule has 116 valence electrons. The van der Waals surface area contributed by atoms with Crippen molar-refractivity contribution in [1.82, 2.24) is 4.90 Å². The van der Waals surface area contributed by atoms with Gasteiger partial charge in [-0.15, -0.1) is 0 Å². The fourth-order valence-corrected chi connectivity index (χ4v) is 3.17. The minimum atomic E-state index is 0.189. The molecular weight excluding hydrogens is 290 g/mol. The molecule has 0 aromatic heterocycles. The van der Waals surface area contributed by atoms with E-state index in [0.29, 0.717) is 36.6 Å². The summed E-state index contributed by atoms with van der Waals surface area (Å²) in [4.78, 5) is 2.33. The van der Waals surface area contributed by atoms with E-state index in [-0.39, 0.29) is 6.61 Å². The minimum absolute atomic E-state index is 0.189. The molecule has 0 bridgehead atoms. The van der Waals surface area contributed by atoms with Crippen molar-refractivity contribution < 1.29 is 14.6 Å². The zero-order chi connectivity index (χ0) is 14.7. The topological polar surface area (TPSA) is 41.9 Å². The molecule has 0 radical (unpaired) electrons. The first-order valence-corrected chi connectivity index (χ1v) is 8.08. The fraction of sp³-hybridized carbons (Fsp3) is 0.625. The number of hydrogen-bond donors (Lipinski definition) is 1. The SMILES string of the molecule is OCCN(Cc1cc(Cl)c2c(c1)OCCCO2)C1CCC1. The number of ether oxygens (including phenoxy) is 2. The molecule has 0 saturated heterocycles. The average Bonchev–Trinajstić information content (AvgIpc) is 2.62. The van der Waals surface area contributed by atoms with E-state index in [2.05, 4.69) is 4.90 Å². The van der Waals surface area contributed by atoms with Gasteiger partial charge in [0.05, 0.1) is 24.8 Å². The van der Waals surface area contributed by atoms with Gasteiger partial charge < -0.3 is 14.6 Å². The number of hydrogen-bond acceptors (Lipinski definition) is 4. The molecule has 1 fully saturated rings. The van der Waals surface area contributed by atoms with Gasteiger partial charge in [-0.2, -0.15) is 0 Å². The molecule has 5 heteroatoms. The molecule has 2 aliphatic rings. The molecule has 1 N–H and O–H groups in total. The molecule has 1 aliphatic carbocycles. The van der Waals surface area contributed by atoms with E-state index in [0.717, 1.165) is 24.3 Å². The van der Waals surface area contributed by atoms with Crippen molar-refractivity contribution in [2.45, 2.75) is 38.3 Å². The van der Waals surface area contributed by atoms with Crippen molar-refractivity contribution in [2.24, 2.45) is 0 Å². The molecule has 1 heterocycles. The van der Waals surface area contributed by atoms with Crippen LogP contribution in [0.4, 0.5) is 0 Å². The van der Waals surface area contributed by atoms with Crippen molar-refractivity contribution in [3.63, 3.8) is 0 Å². The number of rotatable bonds is 5. The Bertz CT molecular complexity index is 491. The van der Waals surface area contributed by atoms with E-state index in [4.69, 9.17) is 21.1 Å². The van der Waals surface area contributed by atoms with Crippen LogP contribution in [0.5, 0.6) is 11.5 Å². The zero-order valence-electron chi connectivity index (χ0n) is 12.2. The maximum absolute atomic E-state index is 9.25. The Balaban J connectivity index is 1.78. The molecule has 3 rings (SSSR count). The monoisotopic (exact) mass is 311 g/mol. The van der Waals surface area contributed by atoms with Gasteiger partial charge in [0.15, 0.2) is 11.5 Å². The van der Waals surface area contributed by atoms with E-state index in [1.807, 2.05) is 12.1 Å². The lowest BCUT2D eigenvalue weighted by Crippen LogP contribution is -2.41. The van der Waals surface area contributed by atoms with Crippen LogP contribution in [0.2, 0.25) is 5.02 Å². The first kappa shape index (κ1) is 14.9. The van der Waals surface area contributed by atoms with Gasteiger partial charge in [-0.3, -0.25) is 4.90 Å². The third-order valence-electron chi connectivity index (χ3n) is 4.23. The van der Waals surface area contributed by atoms with Crippen LogP contribution in [0.3, 0.4) is 0 Å². The second-order valence-corrected chi connectivity index (χ2v) is 6.14. The van der Waals surface area contributed by atoms with Crippen LogP contribution in [0.1, 0.15) is 31.2 Å². The molecule has 1 aromatic rings. The largest absolute Gasteiger partial charge is 0.489 e. The predicted molar refractivity (Wildman–Crippen MR) is 82.2 cm³/mol. The lowest BCUT2D eigenvalue weighted by atomic mass is 9.91. The van der Waals surface area contributed by atoms with E-state index < -0.39 is 0 Å². The van der Waals surface area contributed by atoms with Gasteiger partial charge in [0.2, 0.25) is 0 Å². The molecule has 0 unspecified atom stereocenters. The minimum Gasteiger partial charge on any atom is -0.489 e. The van der Waals surface area contributed by atoms with Gasteiger partial charge in [0, 0.05) is 25.6 Å². The summed E-state index contributed by atoms with van der Waals surface area (Å²) in [6.45, 7) is 2.99. The summed E-state index contributed by atoms with van der Waals surface area (Å²) in [6.07, 6.45) is 4.60. The van der Waals surface area contributed by atoms with Gasteiger partial charge in [0.25, 0.3) is 0 Å². The number of aliphatic hydroxyl groups excluding tert-OH is 1. The third kappa shape index (κ3) is 3.44. The molecule has 1 aromatic carbocycles. The molecule has 1 saturated carbocycles. The van der Waals surface area contributed by atoms with Crippen molar-refractivity contribution in [1.29, 1.82) is 0 Å². The first-order valence-electron chi connectivity index (χ1n) is 7.71. The highest BCUT2D eigenvalue weighted by molar-refractivity contribution is 6.32. The smallest absolute Gasteiger partial charge is 0.179 e. The fourth-order valence-electron chi connectivity index (χ4n) is 2.88. The maximum atomic E-state index is 9.25. The molecule has 1 aliphatic heterocycles. The van der Waals surface area contributed by atoms with Crippen LogP contribution in [0, 0.1) is 0 Å². The van der Waals surface area contributed by atoms with E-state index in [1.54, 1.807) is 0 Å². The summed E-state index contributed by atoms with van der Waals surface area (Å²) in [5.74, 6) is 1.41. The summed E-state index contributed by atoms with van der Waals surface area (Å²) in [6, 6.07) is 4.57. The van der Waals surface area contributed by atoms with Crippen LogP contribution in [0.15, 0.2) is 12.1 Å². The van der Waals surface area contributed by atoms with Gasteiger partial charge in [-0.1, -0.05) is 18.0 Å². The lowest BCUT2D eigenvalue weighted by molar-refractivity contribution is 0.0945. The second-order valence-electron chi connectivity index (χ2n) is 5.73. The van der Waals surface area contributed by atoms with Crippen LogP contribution >= 0.6 is 11.6 Å². The molecule has 0 amide bonds. The van der Waals surface area contributed by atoms with Gasteiger partial charge in [-0.05, 0) is 30.5 Å². The van der Waals surface area contributed by atoms with E-state index >= 15 is 0 Å². The quantitative estimate of drug-likeness (QED) is 0.908. The Morgan fingerprint density at radius 1 is 1.19 bits per heavy atom. The standard InChI is InChI=1S/C16H22ClNO3/c17-14-9-12(10-15-16(14)21-8-2-7-20-15)11-18(5-6-19)13-3-1-4-13/h9-10,13,19H,1-8,11H2. The highest BCUT2D eigenvalue weighted by atomic mass is 35.5. The third-order valence-corrected chi connectivity index (χ3v) is 4.51. The van der Waals surface area contributed by atoms with Crippen molar-refractivity contribution in [3.8, 4) is 11.5 Å². The van der Waals surface area contributed by atoms with Crippen LogP contribution in [-0.4, -0.2) is 42.4 Å². The second kappa shape index (κ2) is 6.86. The normalized spacial score (nSPS) is 18.4. The van der Waals surface area contributed by atoms with Crippen LogP contribution in [0.25, 0.3) is 0 Å². The summed E-state index contributed by atoms with van der Waals surface area (Å²) in [7, 11) is 0. The Morgan fingerprint density at radius 3 is 2.71 bits per heavy atom. The van der Waals surface area contributed by atoms with Gasteiger partial charge in [0.1, 0.15) is 0 Å². The van der Waals surface area contributed by atoms with Crippen molar-refractivity contribution in [3.05, 3.63) is 22.7 Å². The average molecular weight is 312 g/mol. The molecule has 4 nitrogen and oxygen atoms in total. The number of benzene rings is 1. The van der Waals surface area contributed by atoms with E-state index in [1.165, 1.54) is 19.3 Å². The lowest BCUT2D eigenvalue weighted by Gasteiger charge is -2.37. The number of halogens is 1. The Kier molecular flexibility index (Phi) is 4.88. The zero-order valence-corrected chi connectivity index (χ0v) is 12.9. The number of fused-ring (bicyclic) bond motifs is 1. The van der Waals surface area contributed by atoms with Gasteiger partial charge >= 0.3 is 0 Å². The van der Waals surface area contributed by atoms with Crippen molar-refractivity contribution in [2.75, 3.05) is 26.4 Å². The Morgan fingerprint density at radius 2 is 2.00 bits per heavy atom. The molecule has 0 atom stereocenters. The number of nitrogens with zero attached hydrogens (tertiary/aromatic N) is 1. The predicted octanol–water partition coefficient (Wildman–Crippen LogP) is 2.85. The van der Waals surface area contributed by atoms with Gasteiger partial charge in [-0.25, -0.2) is 0 Å². The Labute approximate surface area is 130 Å². The summed E-state index contributed by atoms with van der Waals surface area (Å²) in [5.41, 5.74) is 1.12. The Hall–Kier alpha value is -0.970. The number of aliphatic hydroxyl groups is 1. The summed E-state index contributed by atoms with van der Waals surface area (Å²) < 4.78 is 11.4. The first-order chi connectivity index (χ1) is 10.3. The van der Waals surface area contributed by atoms with E-state index in [9.17, 15) is 5.11 Å². The summed E-state index contributed by atoms with van der Waals surface area (Å²) >= 11 is 6.33.